The molecule has 0 aliphatic carbocycles. The lowest BCUT2D eigenvalue weighted by molar-refractivity contribution is 0.262. The van der Waals surface area contributed by atoms with E-state index in [1.165, 1.54) is 11.3 Å². The van der Waals surface area contributed by atoms with Crippen LogP contribution in [0.25, 0.3) is 11.3 Å². The van der Waals surface area contributed by atoms with Crippen LogP contribution in [0.3, 0.4) is 0 Å². The zero-order chi connectivity index (χ0) is 16.9. The fraction of sp³-hybridized carbons (Fsp3) is 0.111. The Balaban J connectivity index is 1.70. The van der Waals surface area contributed by atoms with Crippen molar-refractivity contribution >= 4 is 28.2 Å². The predicted octanol–water partition coefficient (Wildman–Crippen LogP) is 4.77. The van der Waals surface area contributed by atoms with E-state index in [1.54, 1.807) is 7.11 Å². The summed E-state index contributed by atoms with van der Waals surface area (Å²) in [5, 5.41) is 8.00. The van der Waals surface area contributed by atoms with Gasteiger partial charge in [-0.15, -0.1) is 11.3 Å². The van der Waals surface area contributed by atoms with Crippen molar-refractivity contribution in [2.75, 3.05) is 17.7 Å². The molecule has 0 atom stereocenters. The van der Waals surface area contributed by atoms with Crippen LogP contribution in [0.15, 0.2) is 53.9 Å². The first-order chi connectivity index (χ1) is 11.7. The second-order valence-corrected chi connectivity index (χ2v) is 6.04. The number of ether oxygens (including phenoxy) is 1. The highest BCUT2D eigenvalue weighted by atomic mass is 32.1. The Kier molecular flexibility index (Phi) is 4.77. The first kappa shape index (κ1) is 16.0. The summed E-state index contributed by atoms with van der Waals surface area (Å²) in [5.41, 5.74) is 3.51. The van der Waals surface area contributed by atoms with Crippen molar-refractivity contribution < 1.29 is 9.53 Å². The average molecular weight is 339 g/mol. The van der Waals surface area contributed by atoms with Gasteiger partial charge in [0.1, 0.15) is 5.75 Å². The van der Waals surface area contributed by atoms with Crippen LogP contribution in [0.5, 0.6) is 5.75 Å². The molecule has 3 rings (SSSR count). The summed E-state index contributed by atoms with van der Waals surface area (Å²) >= 11 is 1.38. The number of nitrogens with one attached hydrogen (secondary N) is 2. The number of nitrogens with zero attached hydrogens (tertiary/aromatic N) is 1. The number of amides is 2. The van der Waals surface area contributed by atoms with E-state index in [-0.39, 0.29) is 6.03 Å². The molecule has 24 heavy (non-hydrogen) atoms. The molecule has 6 heteroatoms. The summed E-state index contributed by atoms with van der Waals surface area (Å²) in [6.07, 6.45) is 0. The minimum Gasteiger partial charge on any atom is -0.495 e. The number of benzene rings is 2. The van der Waals surface area contributed by atoms with Crippen LogP contribution in [0.2, 0.25) is 0 Å². The van der Waals surface area contributed by atoms with Crippen LogP contribution in [-0.2, 0) is 0 Å². The van der Waals surface area contributed by atoms with Crippen LogP contribution < -0.4 is 15.4 Å². The van der Waals surface area contributed by atoms with E-state index in [2.05, 4.69) is 15.6 Å². The molecule has 1 aromatic heterocycles. The van der Waals surface area contributed by atoms with Gasteiger partial charge in [0.05, 0.1) is 18.5 Å². The molecule has 5 nitrogen and oxygen atoms in total. The third-order valence-electron chi connectivity index (χ3n) is 3.40. The highest BCUT2D eigenvalue weighted by Gasteiger charge is 2.10. The Hall–Kier alpha value is -2.86. The Morgan fingerprint density at radius 1 is 1.12 bits per heavy atom. The number of hydrogen-bond acceptors (Lipinski definition) is 4. The maximum Gasteiger partial charge on any atom is 0.325 e. The Labute approximate surface area is 144 Å². The van der Waals surface area contributed by atoms with Gasteiger partial charge in [0.2, 0.25) is 0 Å². The lowest BCUT2D eigenvalue weighted by atomic mass is 10.2. The molecule has 0 saturated carbocycles. The van der Waals surface area contributed by atoms with Gasteiger partial charge in [-0.3, -0.25) is 5.32 Å². The molecule has 0 saturated heterocycles. The number of aromatic nitrogens is 1. The normalized spacial score (nSPS) is 10.2. The SMILES string of the molecule is COc1ccc(C)cc1NC(=O)Nc1nc(-c2ccccc2)cs1. The van der Waals surface area contributed by atoms with Gasteiger partial charge in [-0.05, 0) is 24.6 Å². The largest absolute Gasteiger partial charge is 0.495 e. The predicted molar refractivity (Wildman–Crippen MR) is 97.9 cm³/mol. The Morgan fingerprint density at radius 3 is 2.67 bits per heavy atom. The topological polar surface area (TPSA) is 63.2 Å². The van der Waals surface area contributed by atoms with Crippen LogP contribution >= 0.6 is 11.3 Å². The maximum atomic E-state index is 12.2. The molecule has 3 aromatic rings. The molecule has 0 fully saturated rings. The average Bonchev–Trinajstić information content (AvgIpc) is 3.04. The lowest BCUT2D eigenvalue weighted by Crippen LogP contribution is -2.19. The smallest absolute Gasteiger partial charge is 0.325 e. The van der Waals surface area contributed by atoms with Crippen molar-refractivity contribution in [3.05, 3.63) is 59.5 Å². The molecule has 0 unspecified atom stereocenters. The lowest BCUT2D eigenvalue weighted by Gasteiger charge is -2.10. The van der Waals surface area contributed by atoms with E-state index in [4.69, 9.17) is 4.74 Å². The molecule has 0 spiro atoms. The number of carbonyl (C=O) groups excluding carboxylic acids is 1. The third-order valence-corrected chi connectivity index (χ3v) is 4.16. The summed E-state index contributed by atoms with van der Waals surface area (Å²) in [5.74, 6) is 0.611. The van der Waals surface area contributed by atoms with E-state index >= 15 is 0 Å². The summed E-state index contributed by atoms with van der Waals surface area (Å²) in [7, 11) is 1.57. The molecular weight excluding hydrogens is 322 g/mol. The minimum absolute atomic E-state index is 0.354. The zero-order valence-electron chi connectivity index (χ0n) is 13.4. The van der Waals surface area contributed by atoms with Gasteiger partial charge in [0.25, 0.3) is 0 Å². The molecule has 0 bridgehead atoms. The molecule has 1 heterocycles. The number of thiazole rings is 1. The number of methoxy groups -OCH3 is 1. The van der Waals surface area contributed by atoms with E-state index in [0.29, 0.717) is 16.6 Å². The van der Waals surface area contributed by atoms with Crippen molar-refractivity contribution in [2.45, 2.75) is 6.92 Å². The molecule has 0 aliphatic heterocycles. The molecule has 0 radical (unpaired) electrons. The fourth-order valence-electron chi connectivity index (χ4n) is 2.24. The van der Waals surface area contributed by atoms with Crippen LogP contribution in [0, 0.1) is 6.92 Å². The number of carbonyl (C=O) groups is 1. The van der Waals surface area contributed by atoms with Crippen molar-refractivity contribution in [1.82, 2.24) is 4.98 Å². The Morgan fingerprint density at radius 2 is 1.92 bits per heavy atom. The van der Waals surface area contributed by atoms with E-state index < -0.39 is 0 Å². The van der Waals surface area contributed by atoms with Crippen molar-refractivity contribution in [3.8, 4) is 17.0 Å². The van der Waals surface area contributed by atoms with Gasteiger partial charge < -0.3 is 10.1 Å². The molecule has 2 N–H and O–H groups in total. The quantitative estimate of drug-likeness (QED) is 0.719. The van der Waals surface area contributed by atoms with Crippen LogP contribution in [0.1, 0.15) is 5.56 Å². The summed E-state index contributed by atoms with van der Waals surface area (Å²) in [4.78, 5) is 16.6. The highest BCUT2D eigenvalue weighted by molar-refractivity contribution is 7.14. The monoisotopic (exact) mass is 339 g/mol. The first-order valence-electron chi connectivity index (χ1n) is 7.39. The maximum absolute atomic E-state index is 12.2. The van der Waals surface area contributed by atoms with Gasteiger partial charge in [-0.25, -0.2) is 9.78 Å². The van der Waals surface area contributed by atoms with Crippen molar-refractivity contribution in [2.24, 2.45) is 0 Å². The molecule has 0 aliphatic rings. The van der Waals surface area contributed by atoms with Gasteiger partial charge in [0.15, 0.2) is 5.13 Å². The van der Waals surface area contributed by atoms with Crippen LogP contribution in [-0.4, -0.2) is 18.1 Å². The summed E-state index contributed by atoms with van der Waals surface area (Å²) in [6.45, 7) is 1.95. The first-order valence-corrected chi connectivity index (χ1v) is 8.27. The molecule has 122 valence electrons. The zero-order valence-corrected chi connectivity index (χ0v) is 14.2. The van der Waals surface area contributed by atoms with E-state index in [1.807, 2.05) is 60.8 Å². The second-order valence-electron chi connectivity index (χ2n) is 5.19. The van der Waals surface area contributed by atoms with Crippen molar-refractivity contribution in [3.63, 3.8) is 0 Å². The Bertz CT molecular complexity index is 846. The summed E-state index contributed by atoms with van der Waals surface area (Å²) in [6, 6.07) is 15.1. The standard InChI is InChI=1S/C18H17N3O2S/c1-12-8-9-16(23-2)14(10-12)19-17(22)21-18-20-15(11-24-18)13-6-4-3-5-7-13/h3-11H,1-2H3,(H2,19,20,21,22). The van der Waals surface area contributed by atoms with E-state index in [9.17, 15) is 4.79 Å². The number of anilines is 2. The van der Waals surface area contributed by atoms with E-state index in [0.717, 1.165) is 16.8 Å². The molecular formula is C18H17N3O2S. The van der Waals surface area contributed by atoms with Crippen LogP contribution in [0.4, 0.5) is 15.6 Å². The van der Waals surface area contributed by atoms with Crippen molar-refractivity contribution in [1.29, 1.82) is 0 Å². The number of hydrogen-bond donors (Lipinski definition) is 2. The van der Waals surface area contributed by atoms with Gasteiger partial charge in [-0.2, -0.15) is 0 Å². The minimum atomic E-state index is -0.354. The molecule has 2 aromatic carbocycles. The fourth-order valence-corrected chi connectivity index (χ4v) is 2.96. The second kappa shape index (κ2) is 7.14. The highest BCUT2D eigenvalue weighted by Crippen LogP contribution is 2.27. The number of aryl methyl sites for hydroxylation is 1. The van der Waals surface area contributed by atoms with Gasteiger partial charge in [0, 0.05) is 10.9 Å². The van der Waals surface area contributed by atoms with Gasteiger partial charge >= 0.3 is 6.03 Å². The summed E-state index contributed by atoms with van der Waals surface area (Å²) < 4.78 is 5.26. The number of urea groups is 1. The van der Waals surface area contributed by atoms with Gasteiger partial charge in [-0.1, -0.05) is 36.4 Å². The molecule has 2 amide bonds. The third kappa shape index (κ3) is 3.72. The number of rotatable bonds is 4.